The van der Waals surface area contributed by atoms with E-state index in [4.69, 9.17) is 5.41 Å². The van der Waals surface area contributed by atoms with Crippen molar-refractivity contribution in [1.29, 1.82) is 5.41 Å². The van der Waals surface area contributed by atoms with Gasteiger partial charge in [0.05, 0.1) is 6.54 Å². The molecule has 1 amide bonds. The molecule has 2 heterocycles. The summed E-state index contributed by atoms with van der Waals surface area (Å²) < 4.78 is 0. The van der Waals surface area contributed by atoms with E-state index in [1.807, 2.05) is 25.2 Å². The van der Waals surface area contributed by atoms with Crippen LogP contribution in [0.15, 0.2) is 30.5 Å². The van der Waals surface area contributed by atoms with E-state index in [0.717, 1.165) is 54.7 Å². The van der Waals surface area contributed by atoms with E-state index >= 15 is 0 Å². The Morgan fingerprint density at radius 1 is 1.33 bits per heavy atom. The van der Waals surface area contributed by atoms with Gasteiger partial charge < -0.3 is 16.0 Å². The smallest absolute Gasteiger partial charge is 0.239 e. The van der Waals surface area contributed by atoms with Crippen molar-refractivity contribution in [2.45, 2.75) is 25.7 Å². The standard InChI is InChI=1S/C21H29N5O/c1-15-5-7-26(8-6-15)14-21(27)25-20-10-18-9-16(19(11-22)12-23-2)3-4-17(18)13-24-20/h3-4,9-11,13,15,19,22-23H,5-8,12,14H2,1-2H3,(H,24,25,27). The minimum atomic E-state index is -0.0138. The molecule has 0 radical (unpaired) electrons. The second-order valence-electron chi connectivity index (χ2n) is 7.51. The van der Waals surface area contributed by atoms with Gasteiger partial charge in [0.25, 0.3) is 0 Å². The van der Waals surface area contributed by atoms with Gasteiger partial charge in [-0.15, -0.1) is 0 Å². The Kier molecular flexibility index (Phi) is 6.53. The summed E-state index contributed by atoms with van der Waals surface area (Å²) in [4.78, 5) is 19.0. The number of amides is 1. The van der Waals surface area contributed by atoms with E-state index < -0.39 is 0 Å². The molecule has 0 bridgehead atoms. The highest BCUT2D eigenvalue weighted by atomic mass is 16.2. The summed E-state index contributed by atoms with van der Waals surface area (Å²) >= 11 is 0. The zero-order chi connectivity index (χ0) is 19.2. The summed E-state index contributed by atoms with van der Waals surface area (Å²) in [6.07, 6.45) is 5.56. The Balaban J connectivity index is 1.69. The van der Waals surface area contributed by atoms with E-state index in [1.165, 1.54) is 6.21 Å². The summed E-state index contributed by atoms with van der Waals surface area (Å²) in [5.41, 5.74) is 1.08. The highest BCUT2D eigenvalue weighted by Crippen LogP contribution is 2.22. The first-order valence-corrected chi connectivity index (χ1v) is 9.66. The third-order valence-electron chi connectivity index (χ3n) is 5.31. The SMILES string of the molecule is CNCC(C=N)c1ccc2cnc(NC(=O)CN3CCC(C)CC3)cc2c1. The number of piperidine rings is 1. The Hall–Kier alpha value is -2.31. The third-order valence-corrected chi connectivity index (χ3v) is 5.31. The van der Waals surface area contributed by atoms with Crippen LogP contribution in [-0.2, 0) is 4.79 Å². The second kappa shape index (κ2) is 9.06. The molecular weight excluding hydrogens is 338 g/mol. The lowest BCUT2D eigenvalue weighted by Gasteiger charge is -2.29. The van der Waals surface area contributed by atoms with E-state index in [-0.39, 0.29) is 11.8 Å². The van der Waals surface area contributed by atoms with Gasteiger partial charge in [0, 0.05) is 30.3 Å². The molecule has 3 rings (SSSR count). The maximum absolute atomic E-state index is 12.4. The first-order valence-electron chi connectivity index (χ1n) is 9.66. The van der Waals surface area contributed by atoms with Crippen LogP contribution in [0.5, 0.6) is 0 Å². The molecule has 1 saturated heterocycles. The van der Waals surface area contributed by atoms with Crippen molar-refractivity contribution in [2.75, 3.05) is 38.5 Å². The number of carbonyl (C=O) groups excluding carboxylic acids is 1. The fourth-order valence-corrected chi connectivity index (χ4v) is 3.56. The number of hydrogen-bond donors (Lipinski definition) is 3. The summed E-state index contributed by atoms with van der Waals surface area (Å²) in [5.74, 6) is 1.36. The lowest BCUT2D eigenvalue weighted by atomic mass is 9.97. The molecule has 1 fully saturated rings. The van der Waals surface area contributed by atoms with Crippen LogP contribution < -0.4 is 10.6 Å². The van der Waals surface area contributed by atoms with Gasteiger partial charge in [-0.3, -0.25) is 9.69 Å². The van der Waals surface area contributed by atoms with E-state index in [9.17, 15) is 4.79 Å². The van der Waals surface area contributed by atoms with Crippen molar-refractivity contribution >= 4 is 28.7 Å². The molecule has 2 aromatic rings. The molecule has 6 heteroatoms. The van der Waals surface area contributed by atoms with Gasteiger partial charge in [-0.05, 0) is 55.9 Å². The van der Waals surface area contributed by atoms with Crippen molar-refractivity contribution in [3.05, 3.63) is 36.0 Å². The number of benzene rings is 1. The van der Waals surface area contributed by atoms with Crippen LogP contribution >= 0.6 is 0 Å². The quantitative estimate of drug-likeness (QED) is 0.657. The lowest BCUT2D eigenvalue weighted by Crippen LogP contribution is -2.38. The van der Waals surface area contributed by atoms with E-state index in [2.05, 4.69) is 33.5 Å². The van der Waals surface area contributed by atoms with Crippen LogP contribution in [0.1, 0.15) is 31.2 Å². The number of likely N-dealkylation sites (tertiary alicyclic amines) is 1. The Labute approximate surface area is 160 Å². The molecule has 6 nitrogen and oxygen atoms in total. The number of anilines is 1. The summed E-state index contributed by atoms with van der Waals surface area (Å²) in [5, 5.41) is 15.7. The average Bonchev–Trinajstić information content (AvgIpc) is 2.67. The van der Waals surface area contributed by atoms with Crippen molar-refractivity contribution in [2.24, 2.45) is 5.92 Å². The monoisotopic (exact) mass is 367 g/mol. The van der Waals surface area contributed by atoms with Crippen LogP contribution in [-0.4, -0.2) is 55.2 Å². The maximum atomic E-state index is 12.4. The van der Waals surface area contributed by atoms with Gasteiger partial charge in [0.15, 0.2) is 0 Å². The number of likely N-dealkylation sites (N-methyl/N-ethyl adjacent to an activating group) is 1. The van der Waals surface area contributed by atoms with Crippen molar-refractivity contribution < 1.29 is 4.79 Å². The van der Waals surface area contributed by atoms with Crippen LogP contribution in [0.4, 0.5) is 5.82 Å². The van der Waals surface area contributed by atoms with Gasteiger partial charge in [0.1, 0.15) is 5.82 Å². The molecule has 27 heavy (non-hydrogen) atoms. The molecule has 1 aromatic heterocycles. The van der Waals surface area contributed by atoms with Gasteiger partial charge in [-0.1, -0.05) is 25.1 Å². The Morgan fingerprint density at radius 2 is 2.11 bits per heavy atom. The third kappa shape index (κ3) is 5.11. The molecule has 1 aromatic carbocycles. The molecule has 0 spiro atoms. The predicted molar refractivity (Wildman–Crippen MR) is 111 cm³/mol. The number of aromatic nitrogens is 1. The van der Waals surface area contributed by atoms with E-state index in [0.29, 0.717) is 12.4 Å². The number of carbonyl (C=O) groups is 1. The van der Waals surface area contributed by atoms with Crippen molar-refractivity contribution in [3.63, 3.8) is 0 Å². The number of hydrogen-bond acceptors (Lipinski definition) is 5. The first-order chi connectivity index (χ1) is 13.1. The van der Waals surface area contributed by atoms with Crippen molar-refractivity contribution in [3.8, 4) is 0 Å². The van der Waals surface area contributed by atoms with Crippen LogP contribution in [0.2, 0.25) is 0 Å². The number of rotatable bonds is 7. The molecular formula is C21H29N5O. The molecule has 0 saturated carbocycles. The number of pyridine rings is 1. The van der Waals surface area contributed by atoms with Gasteiger partial charge in [-0.25, -0.2) is 4.98 Å². The number of fused-ring (bicyclic) bond motifs is 1. The minimum absolute atomic E-state index is 0.0138. The molecule has 1 aliphatic heterocycles. The van der Waals surface area contributed by atoms with Gasteiger partial charge in [-0.2, -0.15) is 0 Å². The predicted octanol–water partition coefficient (Wildman–Crippen LogP) is 2.86. The zero-order valence-corrected chi connectivity index (χ0v) is 16.2. The lowest BCUT2D eigenvalue weighted by molar-refractivity contribution is -0.117. The average molecular weight is 367 g/mol. The Morgan fingerprint density at radius 3 is 2.81 bits per heavy atom. The summed E-state index contributed by atoms with van der Waals surface area (Å²) in [6, 6.07) is 8.04. The number of nitrogens with one attached hydrogen (secondary N) is 3. The summed E-state index contributed by atoms with van der Waals surface area (Å²) in [7, 11) is 1.89. The molecule has 1 unspecified atom stereocenters. The van der Waals surface area contributed by atoms with E-state index in [1.54, 1.807) is 6.20 Å². The molecule has 144 valence electrons. The molecule has 0 aliphatic carbocycles. The zero-order valence-electron chi connectivity index (χ0n) is 16.2. The molecule has 1 atom stereocenters. The van der Waals surface area contributed by atoms with Crippen LogP contribution in [0, 0.1) is 11.3 Å². The highest BCUT2D eigenvalue weighted by molar-refractivity contribution is 5.94. The van der Waals surface area contributed by atoms with Gasteiger partial charge in [0.2, 0.25) is 5.91 Å². The second-order valence-corrected chi connectivity index (χ2v) is 7.51. The Bertz CT molecular complexity index is 798. The topological polar surface area (TPSA) is 81.1 Å². The largest absolute Gasteiger partial charge is 0.319 e. The summed E-state index contributed by atoms with van der Waals surface area (Å²) in [6.45, 7) is 5.38. The van der Waals surface area contributed by atoms with Crippen LogP contribution in [0.3, 0.4) is 0 Å². The van der Waals surface area contributed by atoms with Crippen LogP contribution in [0.25, 0.3) is 10.8 Å². The van der Waals surface area contributed by atoms with Crippen molar-refractivity contribution in [1.82, 2.24) is 15.2 Å². The maximum Gasteiger partial charge on any atom is 0.239 e. The fraction of sp³-hybridized carbons (Fsp3) is 0.476. The molecule has 1 aliphatic rings. The minimum Gasteiger partial charge on any atom is -0.319 e. The number of nitrogens with zero attached hydrogens (tertiary/aromatic N) is 2. The van der Waals surface area contributed by atoms with Gasteiger partial charge >= 0.3 is 0 Å². The highest BCUT2D eigenvalue weighted by Gasteiger charge is 2.18. The molecule has 3 N–H and O–H groups in total. The normalized spacial score (nSPS) is 17.0. The first kappa shape index (κ1) is 19.5. The fourth-order valence-electron chi connectivity index (χ4n) is 3.56.